The van der Waals surface area contributed by atoms with Crippen LogP contribution in [0.2, 0.25) is 0 Å². The molecule has 0 aliphatic carbocycles. The van der Waals surface area contributed by atoms with Crippen molar-refractivity contribution in [3.05, 3.63) is 29.8 Å². The summed E-state index contributed by atoms with van der Waals surface area (Å²) in [6.45, 7) is 10.6. The molecule has 0 heterocycles. The molecule has 0 bridgehead atoms. The second-order valence-corrected chi connectivity index (χ2v) is 5.36. The van der Waals surface area contributed by atoms with Crippen LogP contribution in [0.3, 0.4) is 0 Å². The summed E-state index contributed by atoms with van der Waals surface area (Å²) in [5.74, 6) is 1.71. The number of nitrogens with two attached hydrogens (primary N) is 1. The molecule has 1 unspecified atom stereocenters. The fraction of sp³-hybridized carbons (Fsp3) is 0.600. The number of anilines is 1. The van der Waals surface area contributed by atoms with Gasteiger partial charge in [-0.15, -0.1) is 0 Å². The first-order valence-electron chi connectivity index (χ1n) is 6.59. The summed E-state index contributed by atoms with van der Waals surface area (Å²) in [5.41, 5.74) is 8.43. The molecule has 0 saturated carbocycles. The lowest BCUT2D eigenvalue weighted by Crippen LogP contribution is -2.27. The van der Waals surface area contributed by atoms with Gasteiger partial charge < -0.3 is 11.1 Å². The Morgan fingerprint density at radius 3 is 2.29 bits per heavy atom. The molecule has 2 nitrogen and oxygen atoms in total. The van der Waals surface area contributed by atoms with Gasteiger partial charge in [0.25, 0.3) is 0 Å². The van der Waals surface area contributed by atoms with Crippen LogP contribution in [0.4, 0.5) is 5.69 Å². The molecular weight excluding hydrogens is 208 g/mol. The Hall–Kier alpha value is -1.02. The number of rotatable bonds is 6. The lowest BCUT2D eigenvalue weighted by molar-refractivity contribution is 0.413. The molecule has 1 rings (SSSR count). The highest BCUT2D eigenvalue weighted by Crippen LogP contribution is 2.24. The van der Waals surface area contributed by atoms with Crippen molar-refractivity contribution in [3.63, 3.8) is 0 Å². The Morgan fingerprint density at radius 1 is 1.12 bits per heavy atom. The van der Waals surface area contributed by atoms with Gasteiger partial charge in [0.15, 0.2) is 0 Å². The van der Waals surface area contributed by atoms with E-state index in [9.17, 15) is 0 Å². The maximum absolute atomic E-state index is 5.80. The molecule has 2 heteroatoms. The molecular formula is C15H26N2. The first-order valence-corrected chi connectivity index (χ1v) is 6.59. The van der Waals surface area contributed by atoms with E-state index in [0.29, 0.717) is 17.8 Å². The highest BCUT2D eigenvalue weighted by atomic mass is 14.9. The van der Waals surface area contributed by atoms with Crippen LogP contribution in [0, 0.1) is 11.8 Å². The van der Waals surface area contributed by atoms with Gasteiger partial charge in [-0.1, -0.05) is 45.9 Å². The molecule has 96 valence electrons. The molecule has 1 aromatic rings. The topological polar surface area (TPSA) is 38.0 Å². The zero-order valence-corrected chi connectivity index (χ0v) is 11.5. The monoisotopic (exact) mass is 234 g/mol. The first-order chi connectivity index (χ1) is 8.06. The first kappa shape index (κ1) is 14.0. The van der Waals surface area contributed by atoms with Crippen molar-refractivity contribution < 1.29 is 0 Å². The Labute approximate surface area is 106 Å². The largest absolute Gasteiger partial charge is 0.384 e. The van der Waals surface area contributed by atoms with Gasteiger partial charge in [0.2, 0.25) is 0 Å². The average Bonchev–Trinajstić information content (AvgIpc) is 2.29. The third kappa shape index (κ3) is 4.04. The van der Waals surface area contributed by atoms with Crippen LogP contribution in [0.15, 0.2) is 24.3 Å². The highest BCUT2D eigenvalue weighted by molar-refractivity contribution is 5.52. The Bertz CT molecular complexity index is 331. The van der Waals surface area contributed by atoms with Gasteiger partial charge in [0.1, 0.15) is 0 Å². The van der Waals surface area contributed by atoms with E-state index in [-0.39, 0.29) is 0 Å². The van der Waals surface area contributed by atoms with Crippen molar-refractivity contribution >= 4 is 5.69 Å². The number of benzene rings is 1. The lowest BCUT2D eigenvalue weighted by atomic mass is 9.95. The molecule has 0 radical (unpaired) electrons. The molecule has 0 spiro atoms. The molecule has 1 atom stereocenters. The summed E-state index contributed by atoms with van der Waals surface area (Å²) in [6, 6.07) is 8.54. The second kappa shape index (κ2) is 6.65. The maximum atomic E-state index is 5.80. The smallest absolute Gasteiger partial charge is 0.0375 e. The van der Waals surface area contributed by atoms with Gasteiger partial charge in [-0.05, 0) is 35.9 Å². The average molecular weight is 234 g/mol. The van der Waals surface area contributed by atoms with Gasteiger partial charge in [-0.2, -0.15) is 0 Å². The van der Waals surface area contributed by atoms with Crippen LogP contribution in [0.25, 0.3) is 0 Å². The minimum Gasteiger partial charge on any atom is -0.384 e. The van der Waals surface area contributed by atoms with Crippen molar-refractivity contribution in [2.24, 2.45) is 17.6 Å². The fourth-order valence-corrected chi connectivity index (χ4v) is 1.99. The van der Waals surface area contributed by atoms with Crippen LogP contribution in [-0.2, 0) is 0 Å². The Kier molecular flexibility index (Phi) is 5.49. The summed E-state index contributed by atoms with van der Waals surface area (Å²) in [7, 11) is 0. The van der Waals surface area contributed by atoms with Crippen molar-refractivity contribution in [2.45, 2.75) is 33.6 Å². The van der Waals surface area contributed by atoms with E-state index in [1.807, 2.05) is 0 Å². The molecule has 0 saturated heterocycles. The lowest BCUT2D eigenvalue weighted by Gasteiger charge is -2.22. The summed E-state index contributed by atoms with van der Waals surface area (Å²) < 4.78 is 0. The van der Waals surface area contributed by atoms with Crippen molar-refractivity contribution in [1.29, 1.82) is 0 Å². The molecule has 3 N–H and O–H groups in total. The van der Waals surface area contributed by atoms with Crippen molar-refractivity contribution in [2.75, 3.05) is 18.4 Å². The zero-order valence-electron chi connectivity index (χ0n) is 11.5. The molecule has 17 heavy (non-hydrogen) atoms. The number of nitrogens with one attached hydrogen (secondary N) is 1. The van der Waals surface area contributed by atoms with Crippen LogP contribution in [-0.4, -0.2) is 13.1 Å². The summed E-state index contributed by atoms with van der Waals surface area (Å²) in [5, 5.41) is 3.55. The maximum Gasteiger partial charge on any atom is 0.0375 e. The van der Waals surface area contributed by atoms with Gasteiger partial charge in [0, 0.05) is 12.2 Å². The third-order valence-electron chi connectivity index (χ3n) is 3.38. The molecule has 0 aliphatic rings. The van der Waals surface area contributed by atoms with Gasteiger partial charge >= 0.3 is 0 Å². The molecule has 0 fully saturated rings. The molecule has 0 amide bonds. The molecule has 0 aromatic heterocycles. The molecule has 1 aromatic carbocycles. The molecule has 0 aliphatic heterocycles. The van der Waals surface area contributed by atoms with Gasteiger partial charge in [0.05, 0.1) is 0 Å². The minimum atomic E-state index is 0.537. The highest BCUT2D eigenvalue weighted by Gasteiger charge is 2.12. The van der Waals surface area contributed by atoms with Crippen molar-refractivity contribution in [1.82, 2.24) is 0 Å². The van der Waals surface area contributed by atoms with E-state index in [4.69, 9.17) is 5.73 Å². The van der Waals surface area contributed by atoms with E-state index < -0.39 is 0 Å². The van der Waals surface area contributed by atoms with Gasteiger partial charge in [-0.3, -0.25) is 0 Å². The predicted molar refractivity (Wildman–Crippen MR) is 76.4 cm³/mol. The van der Waals surface area contributed by atoms with Gasteiger partial charge in [-0.25, -0.2) is 0 Å². The van der Waals surface area contributed by atoms with Crippen LogP contribution < -0.4 is 11.1 Å². The standard InChI is InChI=1S/C15H26N2/c1-11(2)13(9-16)10-17-15-8-6-5-7-14(15)12(3)4/h5-8,11-13,17H,9-10,16H2,1-4H3. The van der Waals surface area contributed by atoms with Crippen LogP contribution >= 0.6 is 0 Å². The van der Waals surface area contributed by atoms with E-state index in [0.717, 1.165) is 13.1 Å². The SMILES string of the molecule is CC(C)c1ccccc1NCC(CN)C(C)C. The number of hydrogen-bond acceptors (Lipinski definition) is 2. The van der Waals surface area contributed by atoms with E-state index in [1.54, 1.807) is 0 Å². The second-order valence-electron chi connectivity index (χ2n) is 5.36. The van der Waals surface area contributed by atoms with Crippen LogP contribution in [0.1, 0.15) is 39.2 Å². The summed E-state index contributed by atoms with van der Waals surface area (Å²) in [6.07, 6.45) is 0. The van der Waals surface area contributed by atoms with E-state index >= 15 is 0 Å². The van der Waals surface area contributed by atoms with Crippen LogP contribution in [0.5, 0.6) is 0 Å². The summed E-state index contributed by atoms with van der Waals surface area (Å²) >= 11 is 0. The minimum absolute atomic E-state index is 0.537. The summed E-state index contributed by atoms with van der Waals surface area (Å²) in [4.78, 5) is 0. The number of para-hydroxylation sites is 1. The quantitative estimate of drug-likeness (QED) is 0.791. The van der Waals surface area contributed by atoms with Crippen molar-refractivity contribution in [3.8, 4) is 0 Å². The predicted octanol–water partition coefficient (Wildman–Crippen LogP) is 3.45. The number of hydrogen-bond donors (Lipinski definition) is 2. The normalized spacial score (nSPS) is 13.1. The zero-order chi connectivity index (χ0) is 12.8. The van der Waals surface area contributed by atoms with E-state index in [1.165, 1.54) is 11.3 Å². The Morgan fingerprint density at radius 2 is 1.76 bits per heavy atom. The Balaban J connectivity index is 2.68. The fourth-order valence-electron chi connectivity index (χ4n) is 1.99. The van der Waals surface area contributed by atoms with E-state index in [2.05, 4.69) is 57.3 Å². The third-order valence-corrected chi connectivity index (χ3v) is 3.38.